The summed E-state index contributed by atoms with van der Waals surface area (Å²) in [6.45, 7) is 3.59. The summed E-state index contributed by atoms with van der Waals surface area (Å²) in [5.74, 6) is -1.22. The Morgan fingerprint density at radius 1 is 1.05 bits per heavy atom. The molecular formula is C33H27ClN4O5S. The number of hydrogen-bond donors (Lipinski definition) is 0. The highest BCUT2D eigenvalue weighted by molar-refractivity contribution is 7.07. The van der Waals surface area contributed by atoms with Gasteiger partial charge in [-0.3, -0.25) is 14.2 Å². The van der Waals surface area contributed by atoms with Crippen LogP contribution in [0.4, 0.5) is 5.69 Å². The molecule has 1 amide bonds. The van der Waals surface area contributed by atoms with Gasteiger partial charge in [0.1, 0.15) is 17.7 Å². The molecule has 11 heteroatoms. The first-order chi connectivity index (χ1) is 21.3. The highest BCUT2D eigenvalue weighted by atomic mass is 35.5. The maximum Gasteiger partial charge on any atom is 0.338 e. The van der Waals surface area contributed by atoms with E-state index in [1.807, 2.05) is 48.5 Å². The molecule has 0 fully saturated rings. The van der Waals surface area contributed by atoms with Crippen LogP contribution in [0.15, 0.2) is 99.3 Å². The molecule has 6 rings (SSSR count). The number of carbonyl (C=O) groups is 2. The van der Waals surface area contributed by atoms with Crippen LogP contribution < -0.4 is 24.6 Å². The molecule has 2 aliphatic rings. The summed E-state index contributed by atoms with van der Waals surface area (Å²) >= 11 is 7.59. The van der Waals surface area contributed by atoms with Crippen molar-refractivity contribution in [3.63, 3.8) is 0 Å². The first kappa shape index (κ1) is 29.3. The minimum atomic E-state index is -0.980. The van der Waals surface area contributed by atoms with Crippen molar-refractivity contribution >= 4 is 58.0 Å². The van der Waals surface area contributed by atoms with Crippen LogP contribution in [-0.2, 0) is 14.3 Å². The Morgan fingerprint density at radius 2 is 1.75 bits per heavy atom. The van der Waals surface area contributed by atoms with E-state index < -0.39 is 23.5 Å². The lowest BCUT2D eigenvalue weighted by atomic mass is 9.92. The molecule has 0 radical (unpaired) electrons. The number of hydrazone groups is 1. The van der Waals surface area contributed by atoms with Crippen molar-refractivity contribution in [1.29, 1.82) is 0 Å². The number of halogens is 1. The maximum absolute atomic E-state index is 14.3. The van der Waals surface area contributed by atoms with Gasteiger partial charge in [0.05, 0.1) is 40.9 Å². The van der Waals surface area contributed by atoms with E-state index in [0.29, 0.717) is 43.8 Å². The molecule has 222 valence electrons. The number of benzene rings is 3. The van der Waals surface area contributed by atoms with Crippen LogP contribution in [-0.4, -0.2) is 35.9 Å². The molecule has 2 atom stereocenters. The molecule has 0 aliphatic carbocycles. The third-order valence-corrected chi connectivity index (χ3v) is 8.60. The highest BCUT2D eigenvalue weighted by Gasteiger charge is 2.38. The van der Waals surface area contributed by atoms with Gasteiger partial charge in [-0.05, 0) is 50.3 Å². The summed E-state index contributed by atoms with van der Waals surface area (Å²) in [5.41, 5.74) is 2.46. The third kappa shape index (κ3) is 5.16. The molecule has 0 saturated heterocycles. The van der Waals surface area contributed by atoms with Crippen LogP contribution in [0, 0.1) is 5.92 Å². The van der Waals surface area contributed by atoms with Gasteiger partial charge < -0.3 is 9.47 Å². The van der Waals surface area contributed by atoms with Gasteiger partial charge in [-0.15, -0.1) is 0 Å². The second kappa shape index (κ2) is 12.1. The van der Waals surface area contributed by atoms with Crippen molar-refractivity contribution in [2.24, 2.45) is 16.0 Å². The van der Waals surface area contributed by atoms with Crippen molar-refractivity contribution in [1.82, 2.24) is 4.57 Å². The first-order valence-electron chi connectivity index (χ1n) is 13.9. The number of nitrogens with zero attached hydrogens (tertiary/aromatic N) is 4. The standard InChI is InChI=1S/C33H27ClN4O5S/c1-4-43-32(41)27-28(20-11-7-5-8-12-20)35-33-37(29(27)24-17-21(34)15-16-25(24)42-3)31(40)26(44-33)18-23-19(2)36-38(30(23)39)22-13-9-6-10-14-22/h5-18,23,29H,4H2,1-3H3/b26-18-/t23-,29+/m0/s1. The zero-order valence-corrected chi connectivity index (χ0v) is 25.6. The Kier molecular flexibility index (Phi) is 8.03. The number of para-hydroxylation sites is 1. The highest BCUT2D eigenvalue weighted by Crippen LogP contribution is 2.39. The average Bonchev–Trinajstić information content (AvgIpc) is 3.51. The van der Waals surface area contributed by atoms with Crippen molar-refractivity contribution in [2.75, 3.05) is 18.7 Å². The van der Waals surface area contributed by atoms with Gasteiger partial charge in [0, 0.05) is 16.1 Å². The number of hydrogen-bond acceptors (Lipinski definition) is 8. The van der Waals surface area contributed by atoms with E-state index in [-0.39, 0.29) is 22.6 Å². The molecule has 9 nitrogen and oxygen atoms in total. The Labute approximate surface area is 261 Å². The zero-order valence-electron chi connectivity index (χ0n) is 24.1. The molecule has 0 spiro atoms. The molecule has 4 aromatic rings. The SMILES string of the molecule is CCOC(=O)C1=C(c2ccccc2)N=c2s/c(=C\[C@@H]3C(=O)N(c4ccccc4)N=C3C)c(=O)n2[C@@H]1c1cc(Cl)ccc1OC. The lowest BCUT2D eigenvalue weighted by Crippen LogP contribution is -2.40. The first-order valence-corrected chi connectivity index (χ1v) is 15.1. The van der Waals surface area contributed by atoms with E-state index >= 15 is 0 Å². The van der Waals surface area contributed by atoms with Crippen molar-refractivity contribution in [3.05, 3.63) is 120 Å². The Hall–Kier alpha value is -4.80. The average molecular weight is 627 g/mol. The lowest BCUT2D eigenvalue weighted by molar-refractivity contribution is -0.138. The molecule has 0 N–H and O–H groups in total. The molecule has 0 saturated carbocycles. The quantitative estimate of drug-likeness (QED) is 0.279. The summed E-state index contributed by atoms with van der Waals surface area (Å²) in [5, 5.41) is 6.22. The predicted molar refractivity (Wildman–Crippen MR) is 170 cm³/mol. The topological polar surface area (TPSA) is 103 Å². The number of esters is 1. The largest absolute Gasteiger partial charge is 0.496 e. The molecule has 3 heterocycles. The summed E-state index contributed by atoms with van der Waals surface area (Å²) in [4.78, 5) is 46.7. The van der Waals surface area contributed by atoms with Crippen LogP contribution in [0.5, 0.6) is 5.75 Å². The monoisotopic (exact) mass is 626 g/mol. The van der Waals surface area contributed by atoms with Crippen molar-refractivity contribution in [2.45, 2.75) is 19.9 Å². The van der Waals surface area contributed by atoms with Crippen LogP contribution in [0.2, 0.25) is 5.02 Å². The van der Waals surface area contributed by atoms with E-state index in [9.17, 15) is 14.4 Å². The smallest absolute Gasteiger partial charge is 0.338 e. The molecule has 44 heavy (non-hydrogen) atoms. The van der Waals surface area contributed by atoms with Gasteiger partial charge in [0.25, 0.3) is 11.5 Å². The summed E-state index contributed by atoms with van der Waals surface area (Å²) in [6, 6.07) is 22.4. The Balaban J connectivity index is 1.59. The number of ether oxygens (including phenoxy) is 2. The fourth-order valence-corrected chi connectivity index (χ4v) is 6.54. The summed E-state index contributed by atoms with van der Waals surface area (Å²) < 4.78 is 12.9. The predicted octanol–water partition coefficient (Wildman–Crippen LogP) is 4.59. The van der Waals surface area contributed by atoms with Crippen LogP contribution in [0.25, 0.3) is 11.8 Å². The van der Waals surface area contributed by atoms with Gasteiger partial charge in [0.15, 0.2) is 4.80 Å². The molecule has 0 bridgehead atoms. The van der Waals surface area contributed by atoms with Crippen molar-refractivity contribution in [3.8, 4) is 5.75 Å². The van der Waals surface area contributed by atoms with Crippen molar-refractivity contribution < 1.29 is 19.1 Å². The normalized spacial score (nSPS) is 18.2. The maximum atomic E-state index is 14.3. The van der Waals surface area contributed by atoms with E-state index in [1.165, 1.54) is 16.7 Å². The summed E-state index contributed by atoms with van der Waals surface area (Å²) in [7, 11) is 1.51. The Bertz CT molecular complexity index is 2020. The van der Waals surface area contributed by atoms with Gasteiger partial charge >= 0.3 is 5.97 Å². The fraction of sp³-hybridized carbons (Fsp3) is 0.182. The number of aromatic nitrogens is 1. The van der Waals surface area contributed by atoms with E-state index in [1.54, 1.807) is 50.3 Å². The van der Waals surface area contributed by atoms with E-state index in [2.05, 4.69) is 5.10 Å². The third-order valence-electron chi connectivity index (χ3n) is 7.36. The van der Waals surface area contributed by atoms with Crippen LogP contribution in [0.1, 0.15) is 31.0 Å². The number of anilines is 1. The van der Waals surface area contributed by atoms with Gasteiger partial charge in [-0.1, -0.05) is 71.5 Å². The number of fused-ring (bicyclic) bond motifs is 1. The number of rotatable bonds is 7. The van der Waals surface area contributed by atoms with E-state index in [4.69, 9.17) is 26.1 Å². The second-order valence-electron chi connectivity index (χ2n) is 10.0. The lowest BCUT2D eigenvalue weighted by Gasteiger charge is -2.27. The number of thiazole rings is 1. The van der Waals surface area contributed by atoms with Crippen LogP contribution in [0.3, 0.4) is 0 Å². The van der Waals surface area contributed by atoms with Gasteiger partial charge in [0.2, 0.25) is 0 Å². The zero-order chi connectivity index (χ0) is 31.0. The molecular weight excluding hydrogens is 600 g/mol. The number of amides is 1. The summed E-state index contributed by atoms with van der Waals surface area (Å²) in [6.07, 6.45) is 1.62. The minimum Gasteiger partial charge on any atom is -0.496 e. The number of carbonyl (C=O) groups excluding carboxylic acids is 2. The van der Waals surface area contributed by atoms with Gasteiger partial charge in [-0.2, -0.15) is 10.1 Å². The fourth-order valence-electron chi connectivity index (χ4n) is 5.34. The molecule has 2 aliphatic heterocycles. The minimum absolute atomic E-state index is 0.120. The molecule has 0 unspecified atom stereocenters. The van der Waals surface area contributed by atoms with Gasteiger partial charge in [-0.25, -0.2) is 9.79 Å². The van der Waals surface area contributed by atoms with Crippen LogP contribution >= 0.6 is 22.9 Å². The second-order valence-corrected chi connectivity index (χ2v) is 11.5. The Morgan fingerprint density at radius 3 is 2.43 bits per heavy atom. The number of methoxy groups -OCH3 is 1. The molecule has 1 aromatic heterocycles. The van der Waals surface area contributed by atoms with E-state index in [0.717, 1.165) is 11.3 Å². The molecule has 3 aromatic carbocycles.